The lowest BCUT2D eigenvalue weighted by atomic mass is 10.2. The molecule has 2 fully saturated rings. The molecule has 1 atom stereocenters. The molecule has 2 N–H and O–H groups in total. The van der Waals surface area contributed by atoms with E-state index in [0.717, 1.165) is 25.7 Å². The number of nitrogens with one attached hydrogen (secondary N) is 2. The highest BCUT2D eigenvalue weighted by molar-refractivity contribution is 7.91. The van der Waals surface area contributed by atoms with Crippen LogP contribution in [0.1, 0.15) is 32.1 Å². The van der Waals surface area contributed by atoms with Crippen LogP contribution >= 0.6 is 0 Å². The van der Waals surface area contributed by atoms with Gasteiger partial charge in [0.2, 0.25) is 5.91 Å². The summed E-state index contributed by atoms with van der Waals surface area (Å²) in [6, 6.07) is 0.431. The molecule has 1 unspecified atom stereocenters. The van der Waals surface area contributed by atoms with Gasteiger partial charge in [-0.05, 0) is 25.7 Å². The van der Waals surface area contributed by atoms with Crippen molar-refractivity contribution in [1.29, 1.82) is 0 Å². The van der Waals surface area contributed by atoms with Gasteiger partial charge in [0.05, 0.1) is 11.5 Å². The van der Waals surface area contributed by atoms with E-state index in [1.165, 1.54) is 0 Å². The maximum absolute atomic E-state index is 11.4. The van der Waals surface area contributed by atoms with Gasteiger partial charge in [-0.15, -0.1) is 0 Å². The Morgan fingerprint density at radius 3 is 2.59 bits per heavy atom. The van der Waals surface area contributed by atoms with Gasteiger partial charge < -0.3 is 10.6 Å². The van der Waals surface area contributed by atoms with E-state index in [2.05, 4.69) is 10.6 Å². The van der Waals surface area contributed by atoms with Crippen molar-refractivity contribution in [2.45, 2.75) is 44.2 Å². The molecule has 5 nitrogen and oxygen atoms in total. The van der Waals surface area contributed by atoms with Gasteiger partial charge in [-0.25, -0.2) is 8.42 Å². The van der Waals surface area contributed by atoms with E-state index in [0.29, 0.717) is 24.8 Å². The van der Waals surface area contributed by atoms with Gasteiger partial charge in [-0.1, -0.05) is 0 Å². The van der Waals surface area contributed by atoms with E-state index in [1.54, 1.807) is 0 Å². The lowest BCUT2D eigenvalue weighted by Gasteiger charge is -2.22. The minimum Gasteiger partial charge on any atom is -0.353 e. The Morgan fingerprint density at radius 1 is 1.18 bits per heavy atom. The first-order valence-electron chi connectivity index (χ1n) is 6.28. The quantitative estimate of drug-likeness (QED) is 0.719. The molecule has 0 radical (unpaired) electrons. The number of rotatable bonds is 5. The topological polar surface area (TPSA) is 75.3 Å². The third kappa shape index (κ3) is 4.63. The first-order chi connectivity index (χ1) is 8.05. The number of hydrogen-bond donors (Lipinski definition) is 2. The van der Waals surface area contributed by atoms with E-state index >= 15 is 0 Å². The Bertz CT molecular complexity index is 376. The molecule has 6 heteroatoms. The maximum atomic E-state index is 11.4. The van der Waals surface area contributed by atoms with Crippen LogP contribution in [-0.4, -0.2) is 44.5 Å². The van der Waals surface area contributed by atoms with E-state index in [9.17, 15) is 13.2 Å². The summed E-state index contributed by atoms with van der Waals surface area (Å²) in [5.41, 5.74) is 0. The Hall–Kier alpha value is -0.620. The van der Waals surface area contributed by atoms with Gasteiger partial charge in [-0.3, -0.25) is 4.79 Å². The summed E-state index contributed by atoms with van der Waals surface area (Å²) in [5.74, 6) is 0.601. The Morgan fingerprint density at radius 2 is 1.94 bits per heavy atom. The van der Waals surface area contributed by atoms with Crippen LogP contribution in [0.4, 0.5) is 0 Å². The molecule has 0 bridgehead atoms. The highest BCUT2D eigenvalue weighted by Gasteiger charge is 2.25. The molecular weight excluding hydrogens is 240 g/mol. The molecule has 1 saturated carbocycles. The number of sulfone groups is 1. The van der Waals surface area contributed by atoms with Gasteiger partial charge in [-0.2, -0.15) is 0 Å². The van der Waals surface area contributed by atoms with Crippen LogP contribution in [-0.2, 0) is 14.6 Å². The van der Waals surface area contributed by atoms with Crippen LogP contribution in [0.5, 0.6) is 0 Å². The predicted molar refractivity (Wildman–Crippen MR) is 65.5 cm³/mol. The van der Waals surface area contributed by atoms with Gasteiger partial charge in [0.25, 0.3) is 0 Å². The summed E-state index contributed by atoms with van der Waals surface area (Å²) in [6.07, 6.45) is 4.25. The molecule has 1 aliphatic heterocycles. The normalized spacial score (nSPS) is 27.6. The predicted octanol–water partition coefficient (Wildman–Crippen LogP) is -0.178. The molecule has 1 amide bonds. The fourth-order valence-corrected chi connectivity index (χ4v) is 3.77. The average Bonchev–Trinajstić information content (AvgIpc) is 3.00. The van der Waals surface area contributed by atoms with E-state index in [-0.39, 0.29) is 17.7 Å². The maximum Gasteiger partial charge on any atom is 0.221 e. The van der Waals surface area contributed by atoms with Crippen molar-refractivity contribution in [1.82, 2.24) is 10.6 Å². The first-order valence-corrected chi connectivity index (χ1v) is 8.10. The molecule has 0 spiro atoms. The summed E-state index contributed by atoms with van der Waals surface area (Å²) in [4.78, 5) is 11.4. The lowest BCUT2D eigenvalue weighted by molar-refractivity contribution is -0.121. The summed E-state index contributed by atoms with van der Waals surface area (Å²) in [6.45, 7) is 0.568. The summed E-state index contributed by atoms with van der Waals surface area (Å²) in [7, 11) is -2.85. The smallest absolute Gasteiger partial charge is 0.221 e. The van der Waals surface area contributed by atoms with Crippen LogP contribution < -0.4 is 10.6 Å². The highest BCUT2D eigenvalue weighted by Crippen LogP contribution is 2.18. The van der Waals surface area contributed by atoms with Crippen molar-refractivity contribution in [2.24, 2.45) is 0 Å². The molecule has 0 aromatic rings. The highest BCUT2D eigenvalue weighted by atomic mass is 32.2. The molecular formula is C11H20N2O3S. The summed E-state index contributed by atoms with van der Waals surface area (Å²) >= 11 is 0. The van der Waals surface area contributed by atoms with Crippen molar-refractivity contribution >= 4 is 15.7 Å². The SMILES string of the molecule is O=C(CCNC1CCCS(=O)(=O)C1)NC1CC1. The molecule has 98 valence electrons. The van der Waals surface area contributed by atoms with Gasteiger partial charge in [0.15, 0.2) is 9.84 Å². The fraction of sp³-hybridized carbons (Fsp3) is 0.909. The van der Waals surface area contributed by atoms with Crippen LogP contribution in [0.15, 0.2) is 0 Å². The van der Waals surface area contributed by atoms with Crippen LogP contribution in [0.25, 0.3) is 0 Å². The second kappa shape index (κ2) is 5.35. The second-order valence-electron chi connectivity index (χ2n) is 5.00. The van der Waals surface area contributed by atoms with Gasteiger partial charge in [0, 0.05) is 25.0 Å². The molecule has 1 aliphatic carbocycles. The van der Waals surface area contributed by atoms with Crippen molar-refractivity contribution in [3.63, 3.8) is 0 Å². The molecule has 0 aromatic heterocycles. The Kier molecular flexibility index (Phi) is 4.04. The molecule has 2 aliphatic rings. The first kappa shape index (κ1) is 12.8. The number of amides is 1. The second-order valence-corrected chi connectivity index (χ2v) is 7.23. The van der Waals surface area contributed by atoms with Crippen LogP contribution in [0.2, 0.25) is 0 Å². The van der Waals surface area contributed by atoms with Gasteiger partial charge >= 0.3 is 0 Å². The largest absolute Gasteiger partial charge is 0.353 e. The molecule has 2 rings (SSSR count). The summed E-state index contributed by atoms with van der Waals surface area (Å²) in [5, 5.41) is 6.07. The fourth-order valence-electron chi connectivity index (χ4n) is 2.10. The van der Waals surface area contributed by atoms with E-state index < -0.39 is 9.84 Å². The number of carbonyl (C=O) groups is 1. The standard InChI is InChI=1S/C11H20N2O3S/c14-11(13-9-3-4-9)5-6-12-10-2-1-7-17(15,16)8-10/h9-10,12H,1-8H2,(H,13,14). The minimum absolute atomic E-state index is 0.0301. The molecule has 1 heterocycles. The van der Waals surface area contributed by atoms with E-state index in [4.69, 9.17) is 0 Å². The third-order valence-electron chi connectivity index (χ3n) is 3.19. The van der Waals surface area contributed by atoms with E-state index in [1.807, 2.05) is 0 Å². The average molecular weight is 260 g/mol. The van der Waals surface area contributed by atoms with Gasteiger partial charge in [0.1, 0.15) is 0 Å². The van der Waals surface area contributed by atoms with Crippen LogP contribution in [0, 0.1) is 0 Å². The van der Waals surface area contributed by atoms with Crippen molar-refractivity contribution in [3.8, 4) is 0 Å². The molecule has 17 heavy (non-hydrogen) atoms. The number of carbonyl (C=O) groups excluding carboxylic acids is 1. The Labute approximate surface area is 102 Å². The lowest BCUT2D eigenvalue weighted by Crippen LogP contribution is -2.41. The van der Waals surface area contributed by atoms with Crippen molar-refractivity contribution < 1.29 is 13.2 Å². The zero-order valence-corrected chi connectivity index (χ0v) is 10.8. The van der Waals surface area contributed by atoms with Crippen molar-refractivity contribution in [3.05, 3.63) is 0 Å². The zero-order chi connectivity index (χ0) is 12.3. The summed E-state index contributed by atoms with van der Waals surface area (Å²) < 4.78 is 22.8. The molecule has 0 aromatic carbocycles. The third-order valence-corrected chi connectivity index (χ3v) is 5.01. The minimum atomic E-state index is -2.85. The van der Waals surface area contributed by atoms with Crippen LogP contribution in [0.3, 0.4) is 0 Å². The Balaban J connectivity index is 1.62. The number of hydrogen-bond acceptors (Lipinski definition) is 4. The molecule has 1 saturated heterocycles. The zero-order valence-electron chi connectivity index (χ0n) is 9.94. The monoisotopic (exact) mass is 260 g/mol. The van der Waals surface area contributed by atoms with Crippen molar-refractivity contribution in [2.75, 3.05) is 18.1 Å².